The minimum atomic E-state index is 1.20. The Balaban J connectivity index is 1.49. The molecule has 0 nitrogen and oxygen atoms in total. The molecule has 0 atom stereocenters. The third-order valence-corrected chi connectivity index (χ3v) is 17.3. The van der Waals surface area contributed by atoms with Gasteiger partial charge in [0.25, 0.3) is 0 Å². The van der Waals surface area contributed by atoms with Gasteiger partial charge in [-0.1, -0.05) is 315 Å². The van der Waals surface area contributed by atoms with Crippen molar-refractivity contribution >= 4 is 53.4 Å². The summed E-state index contributed by atoms with van der Waals surface area (Å²) in [4.78, 5) is 0. The van der Waals surface area contributed by atoms with Gasteiger partial charge in [0.15, 0.2) is 0 Å². The number of unbranched alkanes of at least 4 members (excludes halogenated alkanes) is 36. The standard InChI is InChI=1S/C68H108Br2/c1-5-9-13-17-21-25-29-33-37-41-45-57-49-61-53-65(67(69)55-63(61)51-59(57)47-43-39-35-31-27-23-19-15-11-7-3)66-54-62-50-58(46-42-38-34-30-26-22-18-14-10-6-2)60(52-64(62)56-68(66)70)48-44-40-36-32-28-24-20-16-12-8-4/h49-56H,5-48H2,1-4H3. The van der Waals surface area contributed by atoms with Gasteiger partial charge in [0.2, 0.25) is 0 Å². The van der Waals surface area contributed by atoms with Crippen LogP contribution in [0.15, 0.2) is 57.5 Å². The quantitative estimate of drug-likeness (QED) is 0.0387. The smallest absolute Gasteiger partial charge is 0.0260 e. The molecule has 0 aliphatic carbocycles. The molecule has 4 aromatic rings. The van der Waals surface area contributed by atoms with Crippen LogP contribution in [0.2, 0.25) is 0 Å². The summed E-state index contributed by atoms with van der Waals surface area (Å²) in [6.07, 6.45) is 60.7. The fraction of sp³-hybridized carbons (Fsp3) is 0.706. The Labute approximate surface area is 451 Å². The van der Waals surface area contributed by atoms with Crippen LogP contribution in [0.4, 0.5) is 0 Å². The molecule has 70 heavy (non-hydrogen) atoms. The average Bonchev–Trinajstić information content (AvgIpc) is 3.36. The lowest BCUT2D eigenvalue weighted by atomic mass is 9.90. The van der Waals surface area contributed by atoms with E-state index in [1.54, 1.807) is 22.3 Å². The van der Waals surface area contributed by atoms with E-state index in [2.05, 4.69) is 108 Å². The van der Waals surface area contributed by atoms with Crippen molar-refractivity contribution in [1.29, 1.82) is 0 Å². The third kappa shape index (κ3) is 25.1. The van der Waals surface area contributed by atoms with Crippen molar-refractivity contribution in [2.75, 3.05) is 0 Å². The van der Waals surface area contributed by atoms with E-state index in [1.165, 1.54) is 324 Å². The van der Waals surface area contributed by atoms with Crippen LogP contribution in [0, 0.1) is 0 Å². The van der Waals surface area contributed by atoms with E-state index in [0.717, 1.165) is 0 Å². The van der Waals surface area contributed by atoms with E-state index in [9.17, 15) is 0 Å². The minimum absolute atomic E-state index is 1.20. The molecule has 0 aromatic heterocycles. The van der Waals surface area contributed by atoms with Gasteiger partial charge in [0.1, 0.15) is 0 Å². The van der Waals surface area contributed by atoms with E-state index >= 15 is 0 Å². The van der Waals surface area contributed by atoms with Gasteiger partial charge in [-0.3, -0.25) is 0 Å². The van der Waals surface area contributed by atoms with Crippen LogP contribution in [0.5, 0.6) is 0 Å². The fourth-order valence-electron chi connectivity index (χ4n) is 11.4. The second-order valence-corrected chi connectivity index (χ2v) is 24.0. The molecule has 0 aliphatic heterocycles. The van der Waals surface area contributed by atoms with Crippen molar-refractivity contribution in [2.45, 2.75) is 310 Å². The van der Waals surface area contributed by atoms with Crippen LogP contribution < -0.4 is 0 Å². The highest BCUT2D eigenvalue weighted by Crippen LogP contribution is 2.40. The first-order valence-corrected chi connectivity index (χ1v) is 32.6. The lowest BCUT2D eigenvalue weighted by Crippen LogP contribution is -1.98. The summed E-state index contributed by atoms with van der Waals surface area (Å²) in [6, 6.07) is 20.2. The van der Waals surface area contributed by atoms with Gasteiger partial charge in [-0.2, -0.15) is 0 Å². The zero-order valence-electron chi connectivity index (χ0n) is 46.5. The summed E-state index contributed by atoms with van der Waals surface area (Å²) in [7, 11) is 0. The zero-order valence-corrected chi connectivity index (χ0v) is 49.7. The molecule has 0 radical (unpaired) electrons. The molecule has 0 bridgehead atoms. The number of halogens is 2. The first-order chi connectivity index (χ1) is 34.5. The van der Waals surface area contributed by atoms with Crippen LogP contribution in [-0.4, -0.2) is 0 Å². The topological polar surface area (TPSA) is 0 Å². The average molecular weight is 1090 g/mol. The minimum Gasteiger partial charge on any atom is -0.0654 e. The van der Waals surface area contributed by atoms with E-state index in [4.69, 9.17) is 0 Å². The molecule has 0 aliphatic rings. The maximum atomic E-state index is 4.14. The van der Waals surface area contributed by atoms with Gasteiger partial charge in [0.05, 0.1) is 0 Å². The van der Waals surface area contributed by atoms with Crippen LogP contribution in [-0.2, 0) is 25.7 Å². The normalized spacial score (nSPS) is 11.8. The van der Waals surface area contributed by atoms with Gasteiger partial charge in [-0.15, -0.1) is 0 Å². The lowest BCUT2D eigenvalue weighted by Gasteiger charge is -2.17. The Morgan fingerprint density at radius 1 is 0.214 bits per heavy atom. The highest BCUT2D eigenvalue weighted by molar-refractivity contribution is 9.11. The van der Waals surface area contributed by atoms with Gasteiger partial charge in [-0.25, -0.2) is 0 Å². The van der Waals surface area contributed by atoms with Crippen molar-refractivity contribution in [3.8, 4) is 11.1 Å². The first-order valence-electron chi connectivity index (χ1n) is 31.0. The number of hydrogen-bond donors (Lipinski definition) is 0. The third-order valence-electron chi connectivity index (χ3n) is 16.0. The van der Waals surface area contributed by atoms with E-state index in [1.807, 2.05) is 0 Å². The molecule has 0 unspecified atom stereocenters. The number of rotatable bonds is 45. The van der Waals surface area contributed by atoms with Crippen molar-refractivity contribution in [3.05, 3.63) is 79.7 Å². The van der Waals surface area contributed by atoms with Crippen molar-refractivity contribution in [3.63, 3.8) is 0 Å². The summed E-state index contributed by atoms with van der Waals surface area (Å²) in [5.41, 5.74) is 9.05. The van der Waals surface area contributed by atoms with Gasteiger partial charge in [-0.05, 0) is 131 Å². The predicted octanol–water partition coefficient (Wildman–Crippen LogP) is 25.0. The monoisotopic (exact) mass is 1080 g/mol. The second-order valence-electron chi connectivity index (χ2n) is 22.3. The molecule has 0 amide bonds. The van der Waals surface area contributed by atoms with Crippen molar-refractivity contribution in [1.82, 2.24) is 0 Å². The summed E-state index contributed by atoms with van der Waals surface area (Å²) in [5.74, 6) is 0. The largest absolute Gasteiger partial charge is 0.0654 e. The zero-order chi connectivity index (χ0) is 49.7. The molecule has 394 valence electrons. The molecule has 2 heteroatoms. The highest BCUT2D eigenvalue weighted by Gasteiger charge is 2.15. The molecule has 0 saturated carbocycles. The molecule has 0 heterocycles. The summed E-state index contributed by atoms with van der Waals surface area (Å²) >= 11 is 8.28. The Morgan fingerprint density at radius 3 is 0.586 bits per heavy atom. The predicted molar refractivity (Wildman–Crippen MR) is 324 cm³/mol. The van der Waals surface area contributed by atoms with Crippen LogP contribution in [0.3, 0.4) is 0 Å². The van der Waals surface area contributed by atoms with Gasteiger partial charge < -0.3 is 0 Å². The fourth-order valence-corrected chi connectivity index (χ4v) is 12.5. The number of benzene rings is 4. The molecule has 4 aromatic carbocycles. The first kappa shape index (κ1) is 60.9. The van der Waals surface area contributed by atoms with Crippen LogP contribution >= 0.6 is 31.9 Å². The Bertz CT molecular complexity index is 1780. The summed E-state index contributed by atoms with van der Waals surface area (Å²) < 4.78 is 2.41. The molecular weight excluding hydrogens is 977 g/mol. The molecule has 0 saturated heterocycles. The Kier molecular flexibility index (Phi) is 34.6. The summed E-state index contributed by atoms with van der Waals surface area (Å²) in [5, 5.41) is 5.56. The van der Waals surface area contributed by atoms with Gasteiger partial charge >= 0.3 is 0 Å². The summed E-state index contributed by atoms with van der Waals surface area (Å²) in [6.45, 7) is 9.28. The van der Waals surface area contributed by atoms with Crippen molar-refractivity contribution in [2.24, 2.45) is 0 Å². The molecule has 4 rings (SSSR count). The molecule has 0 fully saturated rings. The van der Waals surface area contributed by atoms with Crippen LogP contribution in [0.1, 0.15) is 307 Å². The molecule has 0 spiro atoms. The lowest BCUT2D eigenvalue weighted by molar-refractivity contribution is 0.553. The maximum Gasteiger partial charge on any atom is 0.0260 e. The maximum absolute atomic E-state index is 4.14. The van der Waals surface area contributed by atoms with Gasteiger partial charge in [0, 0.05) is 8.95 Å². The number of hydrogen-bond acceptors (Lipinski definition) is 0. The number of fused-ring (bicyclic) bond motifs is 2. The second kappa shape index (κ2) is 39.8. The van der Waals surface area contributed by atoms with E-state index in [0.29, 0.717) is 0 Å². The molecule has 0 N–H and O–H groups in total. The Hall–Kier alpha value is -1.64. The van der Waals surface area contributed by atoms with Crippen molar-refractivity contribution < 1.29 is 0 Å². The Morgan fingerprint density at radius 2 is 0.386 bits per heavy atom. The molecular formula is C68H108Br2. The van der Waals surface area contributed by atoms with Crippen LogP contribution in [0.25, 0.3) is 32.7 Å². The number of aryl methyl sites for hydroxylation is 4. The SMILES string of the molecule is CCCCCCCCCCCCc1cc2cc(Br)c(-c3cc4cc(CCCCCCCCCCCC)c(CCCCCCCCCCCC)cc4cc3Br)cc2cc1CCCCCCCCCCCC. The highest BCUT2D eigenvalue weighted by atomic mass is 79.9. The van der Waals surface area contributed by atoms with E-state index in [-0.39, 0.29) is 0 Å². The van der Waals surface area contributed by atoms with E-state index < -0.39 is 0 Å².